The smallest absolute Gasteiger partial charge is 0.417 e. The molecular weight excluding hydrogens is 463 g/mol. The van der Waals surface area contributed by atoms with Crippen LogP contribution in [-0.4, -0.2) is 67.9 Å². The van der Waals surface area contributed by atoms with Crippen LogP contribution in [0.15, 0.2) is 18.2 Å². The van der Waals surface area contributed by atoms with E-state index in [1.54, 1.807) is 11.0 Å². The van der Waals surface area contributed by atoms with Crippen LogP contribution in [0.5, 0.6) is 0 Å². The van der Waals surface area contributed by atoms with E-state index in [0.717, 1.165) is 44.5 Å². The normalized spacial score (nSPS) is 18.6. The van der Waals surface area contributed by atoms with Gasteiger partial charge in [0, 0.05) is 13.1 Å². The maximum Gasteiger partial charge on any atom is 0.417 e. The molecule has 2 aliphatic heterocycles. The summed E-state index contributed by atoms with van der Waals surface area (Å²) in [7, 11) is 0. The summed E-state index contributed by atoms with van der Waals surface area (Å²) in [6.07, 6.45) is -2.24. The van der Waals surface area contributed by atoms with Gasteiger partial charge < -0.3 is 9.64 Å². The number of nitrogens with zero attached hydrogens (tertiary/aromatic N) is 7. The van der Waals surface area contributed by atoms with Gasteiger partial charge in [-0.2, -0.15) is 23.1 Å². The third kappa shape index (κ3) is 5.56. The molecule has 2 saturated heterocycles. The topological polar surface area (TPSA) is 100 Å². The predicted molar refractivity (Wildman–Crippen MR) is 118 cm³/mol. The molecule has 1 aromatic carbocycles. The molecule has 0 aliphatic carbocycles. The van der Waals surface area contributed by atoms with Crippen molar-refractivity contribution >= 4 is 6.09 Å². The summed E-state index contributed by atoms with van der Waals surface area (Å²) in [6, 6.07) is 5.01. The number of halogens is 3. The first-order valence-electron chi connectivity index (χ1n) is 11.5. The number of benzene rings is 1. The Kier molecular flexibility index (Phi) is 6.48. The Morgan fingerprint density at radius 2 is 1.86 bits per heavy atom. The van der Waals surface area contributed by atoms with Crippen LogP contribution in [0.1, 0.15) is 57.0 Å². The molecule has 3 heterocycles. The van der Waals surface area contributed by atoms with Crippen LogP contribution in [0.2, 0.25) is 0 Å². The Labute approximate surface area is 201 Å². The molecule has 188 valence electrons. The van der Waals surface area contributed by atoms with Crippen LogP contribution in [0.4, 0.5) is 18.0 Å². The summed E-state index contributed by atoms with van der Waals surface area (Å²) in [6.45, 7) is 8.79. The maximum absolute atomic E-state index is 13.4. The number of alkyl halides is 3. The highest BCUT2D eigenvalue weighted by molar-refractivity contribution is 5.68. The number of likely N-dealkylation sites (tertiary alicyclic amines) is 2. The second-order valence-electron chi connectivity index (χ2n) is 10.3. The van der Waals surface area contributed by atoms with Crippen molar-refractivity contribution in [1.29, 1.82) is 5.26 Å². The van der Waals surface area contributed by atoms with Gasteiger partial charge in [0.15, 0.2) is 5.82 Å². The molecule has 0 bridgehead atoms. The summed E-state index contributed by atoms with van der Waals surface area (Å²) < 4.78 is 46.9. The van der Waals surface area contributed by atoms with Crippen molar-refractivity contribution < 1.29 is 22.7 Å². The van der Waals surface area contributed by atoms with Gasteiger partial charge in [-0.25, -0.2) is 4.79 Å². The van der Waals surface area contributed by atoms with Crippen molar-refractivity contribution in [1.82, 2.24) is 30.0 Å². The number of tetrazole rings is 1. The van der Waals surface area contributed by atoms with E-state index in [1.807, 2.05) is 20.8 Å². The van der Waals surface area contributed by atoms with E-state index in [9.17, 15) is 18.0 Å². The third-order valence-electron chi connectivity index (χ3n) is 6.58. The molecule has 1 aromatic heterocycles. The average molecular weight is 492 g/mol. The highest BCUT2D eigenvalue weighted by Crippen LogP contribution is 2.41. The third-order valence-corrected chi connectivity index (χ3v) is 6.58. The molecule has 0 saturated carbocycles. The first-order chi connectivity index (χ1) is 16.4. The van der Waals surface area contributed by atoms with Gasteiger partial charge in [-0.15, -0.1) is 5.10 Å². The molecule has 2 aromatic rings. The molecule has 12 heteroatoms. The molecule has 0 N–H and O–H groups in total. The number of piperidine rings is 1. The van der Waals surface area contributed by atoms with Crippen LogP contribution in [-0.2, 0) is 17.5 Å². The number of aromatic nitrogens is 4. The Morgan fingerprint density at radius 1 is 1.17 bits per heavy atom. The lowest BCUT2D eigenvalue weighted by atomic mass is 9.78. The minimum Gasteiger partial charge on any atom is -0.444 e. The van der Waals surface area contributed by atoms with Gasteiger partial charge in [0.1, 0.15) is 5.60 Å². The second-order valence-corrected chi connectivity index (χ2v) is 10.3. The Morgan fingerprint density at radius 3 is 2.49 bits per heavy atom. The van der Waals surface area contributed by atoms with Gasteiger partial charge in [0.2, 0.25) is 0 Å². The summed E-state index contributed by atoms with van der Waals surface area (Å²) >= 11 is 0. The monoisotopic (exact) mass is 491 g/mol. The Balaban J connectivity index is 1.40. The molecule has 4 rings (SSSR count). The van der Waals surface area contributed by atoms with Gasteiger partial charge in [0.25, 0.3) is 0 Å². The van der Waals surface area contributed by atoms with Crippen molar-refractivity contribution in [2.24, 2.45) is 5.41 Å². The van der Waals surface area contributed by atoms with E-state index in [4.69, 9.17) is 10.00 Å². The van der Waals surface area contributed by atoms with Crippen LogP contribution < -0.4 is 0 Å². The lowest BCUT2D eigenvalue weighted by molar-refractivity contribution is -0.137. The van der Waals surface area contributed by atoms with Gasteiger partial charge in [0.05, 0.1) is 29.4 Å². The van der Waals surface area contributed by atoms with E-state index in [-0.39, 0.29) is 17.2 Å². The zero-order chi connectivity index (χ0) is 25.4. The molecule has 1 spiro atoms. The molecule has 2 aliphatic rings. The number of carbonyl (C=O) groups is 1. The van der Waals surface area contributed by atoms with Crippen LogP contribution in [0.25, 0.3) is 5.69 Å². The zero-order valence-corrected chi connectivity index (χ0v) is 20.0. The van der Waals surface area contributed by atoms with E-state index >= 15 is 0 Å². The summed E-state index contributed by atoms with van der Waals surface area (Å²) in [5, 5.41) is 20.6. The fraction of sp³-hybridized carbons (Fsp3) is 0.609. The van der Waals surface area contributed by atoms with Crippen molar-refractivity contribution in [3.05, 3.63) is 35.2 Å². The van der Waals surface area contributed by atoms with Crippen molar-refractivity contribution in [2.75, 3.05) is 26.2 Å². The number of hydrogen-bond acceptors (Lipinski definition) is 7. The van der Waals surface area contributed by atoms with Crippen LogP contribution in [0, 0.1) is 16.7 Å². The molecule has 35 heavy (non-hydrogen) atoms. The number of amides is 1. The maximum atomic E-state index is 13.4. The minimum absolute atomic E-state index is 0.0497. The second kappa shape index (κ2) is 9.11. The van der Waals surface area contributed by atoms with Crippen LogP contribution in [0.3, 0.4) is 0 Å². The summed E-state index contributed by atoms with van der Waals surface area (Å²) in [5.41, 5.74) is -1.80. The highest BCUT2D eigenvalue weighted by Gasteiger charge is 2.43. The summed E-state index contributed by atoms with van der Waals surface area (Å²) in [4.78, 5) is 16.4. The molecule has 2 fully saturated rings. The summed E-state index contributed by atoms with van der Waals surface area (Å²) in [5.74, 6) is 0.417. The van der Waals surface area contributed by atoms with Crippen molar-refractivity contribution in [2.45, 2.75) is 58.4 Å². The Bertz CT molecular complexity index is 1130. The average Bonchev–Trinajstić information content (AvgIpc) is 3.41. The molecule has 1 amide bonds. The van der Waals surface area contributed by atoms with Gasteiger partial charge in [-0.05, 0) is 87.2 Å². The first-order valence-corrected chi connectivity index (χ1v) is 11.5. The van der Waals surface area contributed by atoms with E-state index in [0.29, 0.717) is 25.5 Å². The SMILES string of the molecule is CC(C)(C)OC(=O)N1CCC2(CCN(Cc3nnnn3-c3ccc(C#N)c(C(F)(F)F)c3)CC2)C1. The highest BCUT2D eigenvalue weighted by atomic mass is 19.4. The number of carbonyl (C=O) groups excluding carboxylic acids is 1. The zero-order valence-electron chi connectivity index (χ0n) is 20.0. The number of hydrogen-bond donors (Lipinski definition) is 0. The molecule has 9 nitrogen and oxygen atoms in total. The van der Waals surface area contributed by atoms with Gasteiger partial charge >= 0.3 is 12.3 Å². The predicted octanol–water partition coefficient (Wildman–Crippen LogP) is 3.78. The number of nitriles is 1. The van der Waals surface area contributed by atoms with Crippen molar-refractivity contribution in [3.63, 3.8) is 0 Å². The van der Waals surface area contributed by atoms with E-state index in [2.05, 4.69) is 20.4 Å². The lowest BCUT2D eigenvalue weighted by Gasteiger charge is -2.39. The lowest BCUT2D eigenvalue weighted by Crippen LogP contribution is -2.43. The fourth-order valence-corrected chi connectivity index (χ4v) is 4.71. The standard InChI is InChI=1S/C23H28F3N7O2/c1-21(2,3)35-20(34)32-11-8-22(15-32)6-9-31(10-7-22)14-19-28-29-30-33(19)17-5-4-16(13-27)18(12-17)23(24,25)26/h4-5,12H,6-11,14-15H2,1-3H3. The van der Waals surface area contributed by atoms with E-state index < -0.39 is 22.9 Å². The first kappa shape index (κ1) is 24.9. The van der Waals surface area contributed by atoms with Crippen LogP contribution >= 0.6 is 0 Å². The Hall–Kier alpha value is -3.20. The molecular formula is C23H28F3N7O2. The fourth-order valence-electron chi connectivity index (χ4n) is 4.71. The van der Waals surface area contributed by atoms with Gasteiger partial charge in [-0.1, -0.05) is 0 Å². The van der Waals surface area contributed by atoms with Gasteiger partial charge in [-0.3, -0.25) is 4.90 Å². The number of rotatable bonds is 3. The number of ether oxygens (including phenoxy) is 1. The molecule has 0 radical (unpaired) electrons. The largest absolute Gasteiger partial charge is 0.444 e. The minimum atomic E-state index is -4.66. The molecule has 0 unspecified atom stereocenters. The van der Waals surface area contributed by atoms with E-state index in [1.165, 1.54) is 10.7 Å². The quantitative estimate of drug-likeness (QED) is 0.644. The molecule has 0 atom stereocenters. The van der Waals surface area contributed by atoms with Crippen molar-refractivity contribution in [3.8, 4) is 11.8 Å².